The fourth-order valence-electron chi connectivity index (χ4n) is 5.94. The SMILES string of the molecule is CC.Cc1ncnc(C(=O)N2CCN(c3c4n(c5nc(C6=CCOCC6)nn5c3=O)CCC4)CC2)c1O.O=CNc1ccc(C(F)(F)F)cc1Cl. The van der Waals surface area contributed by atoms with E-state index in [-0.39, 0.29) is 33.6 Å². The summed E-state index contributed by atoms with van der Waals surface area (Å²) in [6.45, 7) is 9.38. The number of nitrogens with zero attached hydrogens (tertiary/aromatic N) is 8. The zero-order valence-electron chi connectivity index (χ0n) is 28.2. The molecule has 0 saturated carbocycles. The molecule has 0 radical (unpaired) electrons. The number of carbonyl (C=O) groups is 2. The van der Waals surface area contributed by atoms with Gasteiger partial charge in [-0.3, -0.25) is 14.4 Å². The Bertz CT molecular complexity index is 2010. The predicted octanol–water partition coefficient (Wildman–Crippen LogP) is 4.36. The van der Waals surface area contributed by atoms with E-state index in [0.717, 1.165) is 55.3 Å². The fraction of sp³-hybridized carbons (Fsp3) is 0.424. The van der Waals surface area contributed by atoms with Crippen LogP contribution < -0.4 is 15.8 Å². The molecule has 18 heteroatoms. The second-order valence-electron chi connectivity index (χ2n) is 11.4. The molecule has 0 spiro atoms. The Balaban J connectivity index is 0.000000266. The van der Waals surface area contributed by atoms with Crippen molar-refractivity contribution in [1.29, 1.82) is 0 Å². The molecule has 0 bridgehead atoms. The number of rotatable bonds is 5. The van der Waals surface area contributed by atoms with Crippen LogP contribution in [0.4, 0.5) is 24.5 Å². The number of halogens is 4. The van der Waals surface area contributed by atoms with Gasteiger partial charge in [-0.1, -0.05) is 31.5 Å². The van der Waals surface area contributed by atoms with Gasteiger partial charge in [0.15, 0.2) is 17.3 Å². The van der Waals surface area contributed by atoms with Crippen molar-refractivity contribution in [2.24, 2.45) is 0 Å². The molecule has 1 fully saturated rings. The van der Waals surface area contributed by atoms with Crippen LogP contribution in [0.25, 0.3) is 11.4 Å². The molecule has 3 aliphatic heterocycles. The zero-order valence-corrected chi connectivity index (χ0v) is 29.0. The van der Waals surface area contributed by atoms with E-state index in [1.165, 1.54) is 10.8 Å². The van der Waals surface area contributed by atoms with Gasteiger partial charge in [-0.2, -0.15) is 22.7 Å². The van der Waals surface area contributed by atoms with Crippen molar-refractivity contribution in [3.8, 4) is 5.75 Å². The van der Waals surface area contributed by atoms with E-state index >= 15 is 0 Å². The molecule has 6 heterocycles. The van der Waals surface area contributed by atoms with E-state index in [2.05, 4.69) is 25.0 Å². The molecule has 3 aliphatic rings. The number of piperazine rings is 1. The number of aryl methyl sites for hydroxylation is 2. The van der Waals surface area contributed by atoms with Crippen LogP contribution in [-0.4, -0.2) is 90.8 Å². The van der Waals surface area contributed by atoms with Crippen molar-refractivity contribution < 1.29 is 32.6 Å². The summed E-state index contributed by atoms with van der Waals surface area (Å²) in [5.41, 5.74) is 2.11. The molecule has 2 amide bonds. The number of nitrogens with one attached hydrogen (secondary N) is 1. The Hall–Kier alpha value is -5.03. The number of anilines is 2. The highest BCUT2D eigenvalue weighted by molar-refractivity contribution is 6.33. The number of alkyl halides is 3. The van der Waals surface area contributed by atoms with E-state index in [4.69, 9.17) is 21.3 Å². The summed E-state index contributed by atoms with van der Waals surface area (Å²) in [6.07, 6.45) is 1.63. The monoisotopic (exact) mass is 731 g/mol. The predicted molar refractivity (Wildman–Crippen MR) is 183 cm³/mol. The lowest BCUT2D eigenvalue weighted by molar-refractivity contribution is -0.137. The zero-order chi connectivity index (χ0) is 36.9. The van der Waals surface area contributed by atoms with Gasteiger partial charge in [-0.15, -0.1) is 5.10 Å². The Morgan fingerprint density at radius 1 is 1.10 bits per heavy atom. The molecule has 4 aromatic rings. The average molecular weight is 732 g/mol. The van der Waals surface area contributed by atoms with Crippen molar-refractivity contribution in [2.75, 3.05) is 49.6 Å². The summed E-state index contributed by atoms with van der Waals surface area (Å²) in [7, 11) is 0. The van der Waals surface area contributed by atoms with Crippen LogP contribution >= 0.6 is 11.6 Å². The number of fused-ring (bicyclic) bond motifs is 3. The summed E-state index contributed by atoms with van der Waals surface area (Å²) in [4.78, 5) is 52.9. The van der Waals surface area contributed by atoms with Gasteiger partial charge in [-0.05, 0) is 50.0 Å². The summed E-state index contributed by atoms with van der Waals surface area (Å²) < 4.78 is 45.3. The first-order chi connectivity index (χ1) is 24.5. The highest BCUT2D eigenvalue weighted by Crippen LogP contribution is 2.33. The Morgan fingerprint density at radius 2 is 1.84 bits per heavy atom. The molecule has 0 atom stereocenters. The summed E-state index contributed by atoms with van der Waals surface area (Å²) in [5.74, 6) is 0.635. The summed E-state index contributed by atoms with van der Waals surface area (Å²) >= 11 is 5.49. The van der Waals surface area contributed by atoms with Gasteiger partial charge < -0.3 is 29.5 Å². The molecule has 7 rings (SSSR count). The van der Waals surface area contributed by atoms with E-state index in [9.17, 15) is 32.7 Å². The van der Waals surface area contributed by atoms with Gasteiger partial charge in [0.2, 0.25) is 12.2 Å². The molecule has 1 saturated heterocycles. The van der Waals surface area contributed by atoms with Crippen LogP contribution in [0, 0.1) is 6.92 Å². The third kappa shape index (κ3) is 7.83. The lowest BCUT2D eigenvalue weighted by atomic mass is 10.1. The van der Waals surface area contributed by atoms with E-state index in [1.807, 2.05) is 24.8 Å². The van der Waals surface area contributed by atoms with Gasteiger partial charge in [0, 0.05) is 32.7 Å². The van der Waals surface area contributed by atoms with Crippen LogP contribution in [-0.2, 0) is 28.7 Å². The van der Waals surface area contributed by atoms with Gasteiger partial charge in [0.25, 0.3) is 11.5 Å². The smallest absolute Gasteiger partial charge is 0.416 e. The van der Waals surface area contributed by atoms with Crippen molar-refractivity contribution in [3.05, 3.63) is 74.4 Å². The standard InChI is InChI=1S/C23H26N8O4.C8H5ClF3NO.C2H6/c1-14-19(32)17(25-13-24-14)21(33)29-9-7-28(8-10-29)18-16-3-2-6-30(16)23-26-20(27-31(23)22(18)34)15-4-11-35-12-5-15;9-6-3-5(8(10,11)12)1-2-7(6)13-4-14;1-2/h4,13,32H,2-3,5-12H2,1H3;1-4H,(H,13,14);1-2H3. The molecule has 272 valence electrons. The number of carbonyl (C=O) groups excluding carboxylic acids is 2. The normalized spacial score (nSPS) is 15.6. The fourth-order valence-corrected chi connectivity index (χ4v) is 6.18. The van der Waals surface area contributed by atoms with Gasteiger partial charge in [0.1, 0.15) is 12.0 Å². The highest BCUT2D eigenvalue weighted by atomic mass is 35.5. The number of hydrogen-bond donors (Lipinski definition) is 2. The first-order valence-electron chi connectivity index (χ1n) is 16.4. The maximum Gasteiger partial charge on any atom is 0.416 e. The van der Waals surface area contributed by atoms with Crippen molar-refractivity contribution in [1.82, 2.24) is 34.0 Å². The van der Waals surface area contributed by atoms with Gasteiger partial charge in [-0.25, -0.2) is 9.97 Å². The minimum atomic E-state index is -4.43. The lowest BCUT2D eigenvalue weighted by Gasteiger charge is -2.36. The van der Waals surface area contributed by atoms with E-state index in [0.29, 0.717) is 68.8 Å². The maximum atomic E-state index is 13.6. The number of amides is 2. The second-order valence-corrected chi connectivity index (χ2v) is 11.9. The van der Waals surface area contributed by atoms with Crippen molar-refractivity contribution >= 4 is 46.6 Å². The molecule has 3 aromatic heterocycles. The third-order valence-electron chi connectivity index (χ3n) is 8.47. The number of hydrogen-bond acceptors (Lipinski definition) is 10. The average Bonchev–Trinajstić information content (AvgIpc) is 3.80. The minimum Gasteiger partial charge on any atom is -0.504 e. The van der Waals surface area contributed by atoms with Crippen LogP contribution in [0.5, 0.6) is 5.75 Å². The van der Waals surface area contributed by atoms with Crippen LogP contribution in [0.2, 0.25) is 5.02 Å². The van der Waals surface area contributed by atoms with E-state index in [1.54, 1.807) is 11.8 Å². The first kappa shape index (κ1) is 37.2. The molecule has 0 aliphatic carbocycles. The van der Waals surface area contributed by atoms with Gasteiger partial charge in [0.05, 0.1) is 40.9 Å². The molecular weight excluding hydrogens is 695 g/mol. The van der Waals surface area contributed by atoms with E-state index < -0.39 is 11.7 Å². The highest BCUT2D eigenvalue weighted by Gasteiger charge is 2.32. The number of aromatic hydroxyl groups is 1. The van der Waals surface area contributed by atoms with Crippen LogP contribution in [0.3, 0.4) is 0 Å². The first-order valence-corrected chi connectivity index (χ1v) is 16.8. The van der Waals surface area contributed by atoms with Crippen molar-refractivity contribution in [2.45, 2.75) is 52.8 Å². The topological polar surface area (TPSA) is 160 Å². The van der Waals surface area contributed by atoms with Crippen LogP contribution in [0.1, 0.15) is 60.0 Å². The largest absolute Gasteiger partial charge is 0.504 e. The van der Waals surface area contributed by atoms with Crippen molar-refractivity contribution in [3.63, 3.8) is 0 Å². The molecule has 51 heavy (non-hydrogen) atoms. The third-order valence-corrected chi connectivity index (χ3v) is 8.79. The minimum absolute atomic E-state index is 0.00546. The lowest BCUT2D eigenvalue weighted by Crippen LogP contribution is -2.50. The number of ether oxygens (including phenoxy) is 1. The maximum absolute atomic E-state index is 13.6. The Labute approximate surface area is 295 Å². The molecule has 2 N–H and O–H groups in total. The summed E-state index contributed by atoms with van der Waals surface area (Å²) in [6, 6.07) is 2.70. The Kier molecular flexibility index (Phi) is 11.6. The molecular formula is C33H37ClF3N9O5. The quantitative estimate of drug-likeness (QED) is 0.283. The second kappa shape index (κ2) is 15.9. The molecule has 0 unspecified atom stereocenters. The number of aromatic nitrogens is 6. The molecule has 14 nitrogen and oxygen atoms in total. The number of benzene rings is 1. The Morgan fingerprint density at radius 3 is 2.49 bits per heavy atom. The van der Waals surface area contributed by atoms with Gasteiger partial charge >= 0.3 is 6.18 Å². The summed E-state index contributed by atoms with van der Waals surface area (Å²) in [5, 5.41) is 16.8. The molecule has 1 aromatic carbocycles. The van der Waals surface area contributed by atoms with Crippen LogP contribution in [0.15, 0.2) is 35.4 Å².